The van der Waals surface area contributed by atoms with E-state index in [0.717, 1.165) is 25.7 Å². The molecule has 1 N–H and O–H groups in total. The van der Waals surface area contributed by atoms with Crippen molar-refractivity contribution in [2.24, 2.45) is 0 Å². The topological polar surface area (TPSA) is 57.6 Å². The van der Waals surface area contributed by atoms with Gasteiger partial charge in [0.05, 0.1) is 11.5 Å². The van der Waals surface area contributed by atoms with Gasteiger partial charge in [-0.15, -0.1) is 0 Å². The molecule has 1 aliphatic heterocycles. The third-order valence-electron chi connectivity index (χ3n) is 3.72. The van der Waals surface area contributed by atoms with Gasteiger partial charge in [-0.2, -0.15) is 4.31 Å². The van der Waals surface area contributed by atoms with Gasteiger partial charge in [0, 0.05) is 18.7 Å². The van der Waals surface area contributed by atoms with Crippen LogP contribution in [0.2, 0.25) is 0 Å². The Hall–Kier alpha value is -0.980. The monoisotopic (exact) mass is 301 g/mol. The third-order valence-corrected chi connectivity index (χ3v) is 5.75. The Labute approximate surface area is 119 Å². The molecule has 1 aromatic carbocycles. The van der Waals surface area contributed by atoms with Crippen molar-refractivity contribution in [1.29, 1.82) is 0 Å². The minimum atomic E-state index is -3.69. The van der Waals surface area contributed by atoms with Gasteiger partial charge in [-0.1, -0.05) is 12.8 Å². The number of hydrogen-bond acceptors (Lipinski definition) is 3. The summed E-state index contributed by atoms with van der Waals surface area (Å²) in [5, 5.41) is 9.12. The molecule has 2 rings (SSSR count). The Morgan fingerprint density at radius 2 is 1.80 bits per heavy atom. The summed E-state index contributed by atoms with van der Waals surface area (Å²) >= 11 is 0. The Morgan fingerprint density at radius 1 is 1.20 bits per heavy atom. The fraction of sp³-hybridized carbons (Fsp3) is 0.571. The zero-order chi connectivity index (χ0) is 14.8. The standard InChI is InChI=1S/C14H20FNO3S/c1-11-13(15)8-12(10-17)9-14(11)20(18,19)16-6-4-2-3-5-7-16/h8-9,17H,2-7,10H2,1H3. The molecule has 4 nitrogen and oxygen atoms in total. The summed E-state index contributed by atoms with van der Waals surface area (Å²) in [5.74, 6) is -0.593. The fourth-order valence-electron chi connectivity index (χ4n) is 2.49. The van der Waals surface area contributed by atoms with Gasteiger partial charge < -0.3 is 5.11 Å². The summed E-state index contributed by atoms with van der Waals surface area (Å²) in [6, 6.07) is 2.55. The Morgan fingerprint density at radius 3 is 2.35 bits per heavy atom. The molecule has 1 heterocycles. The lowest BCUT2D eigenvalue weighted by Crippen LogP contribution is -2.32. The molecule has 0 unspecified atom stereocenters. The van der Waals surface area contributed by atoms with Crippen LogP contribution in [0.5, 0.6) is 0 Å². The normalized spacial score (nSPS) is 17.9. The Balaban J connectivity index is 2.45. The van der Waals surface area contributed by atoms with Gasteiger partial charge in [0.25, 0.3) is 0 Å². The van der Waals surface area contributed by atoms with Crippen LogP contribution in [0.1, 0.15) is 36.8 Å². The molecule has 1 fully saturated rings. The van der Waals surface area contributed by atoms with E-state index in [1.165, 1.54) is 23.4 Å². The summed E-state index contributed by atoms with van der Waals surface area (Å²) in [6.45, 7) is 2.04. The molecule has 0 aromatic heterocycles. The number of aliphatic hydroxyl groups excluding tert-OH is 1. The molecule has 112 valence electrons. The van der Waals surface area contributed by atoms with E-state index in [4.69, 9.17) is 5.11 Å². The summed E-state index contributed by atoms with van der Waals surface area (Å²) in [5.41, 5.74) is 0.396. The highest BCUT2D eigenvalue weighted by molar-refractivity contribution is 7.89. The second-order valence-corrected chi connectivity index (χ2v) is 7.08. The molecule has 0 aliphatic carbocycles. The van der Waals surface area contributed by atoms with Gasteiger partial charge in [-0.3, -0.25) is 0 Å². The first kappa shape index (κ1) is 15.4. The van der Waals surface area contributed by atoms with Crippen LogP contribution in [0.25, 0.3) is 0 Å². The van der Waals surface area contributed by atoms with Gasteiger partial charge in [0.15, 0.2) is 0 Å². The fourth-order valence-corrected chi connectivity index (χ4v) is 4.29. The number of rotatable bonds is 3. The quantitative estimate of drug-likeness (QED) is 0.931. The minimum absolute atomic E-state index is 0.0246. The van der Waals surface area contributed by atoms with E-state index in [1.807, 2.05) is 0 Å². The van der Waals surface area contributed by atoms with Crippen LogP contribution < -0.4 is 0 Å². The molecular weight excluding hydrogens is 281 g/mol. The molecule has 20 heavy (non-hydrogen) atoms. The van der Waals surface area contributed by atoms with Crippen molar-refractivity contribution in [3.8, 4) is 0 Å². The molecule has 6 heteroatoms. The largest absolute Gasteiger partial charge is 0.392 e. The maximum atomic E-state index is 13.8. The molecule has 0 saturated carbocycles. The summed E-state index contributed by atoms with van der Waals surface area (Å²) in [4.78, 5) is -0.0246. The number of nitrogens with zero attached hydrogens (tertiary/aromatic N) is 1. The van der Waals surface area contributed by atoms with Crippen LogP contribution in [0.15, 0.2) is 17.0 Å². The van der Waals surface area contributed by atoms with Gasteiger partial charge in [-0.05, 0) is 37.5 Å². The number of sulfonamides is 1. The molecule has 1 aliphatic rings. The van der Waals surface area contributed by atoms with E-state index in [-0.39, 0.29) is 22.6 Å². The zero-order valence-electron chi connectivity index (χ0n) is 11.6. The molecule has 0 radical (unpaired) electrons. The van der Waals surface area contributed by atoms with Crippen molar-refractivity contribution in [3.63, 3.8) is 0 Å². The van der Waals surface area contributed by atoms with E-state index in [2.05, 4.69) is 0 Å². The van der Waals surface area contributed by atoms with Gasteiger partial charge in [0.1, 0.15) is 5.82 Å². The highest BCUT2D eigenvalue weighted by Crippen LogP contribution is 2.26. The molecule has 1 saturated heterocycles. The first-order valence-corrected chi connectivity index (χ1v) is 8.31. The van der Waals surface area contributed by atoms with Crippen molar-refractivity contribution < 1.29 is 17.9 Å². The highest BCUT2D eigenvalue weighted by atomic mass is 32.2. The zero-order valence-corrected chi connectivity index (χ0v) is 12.4. The van der Waals surface area contributed by atoms with Crippen molar-refractivity contribution >= 4 is 10.0 Å². The number of aliphatic hydroxyl groups is 1. The van der Waals surface area contributed by atoms with E-state index in [0.29, 0.717) is 13.1 Å². The van der Waals surface area contributed by atoms with Crippen LogP contribution in [0, 0.1) is 12.7 Å². The van der Waals surface area contributed by atoms with E-state index < -0.39 is 15.8 Å². The lowest BCUT2D eigenvalue weighted by atomic mass is 10.1. The van der Waals surface area contributed by atoms with Crippen LogP contribution in [-0.2, 0) is 16.6 Å². The molecule has 1 aromatic rings. The maximum absolute atomic E-state index is 13.8. The van der Waals surface area contributed by atoms with Gasteiger partial charge in [0.2, 0.25) is 10.0 Å². The second kappa shape index (κ2) is 6.20. The number of halogens is 1. The van der Waals surface area contributed by atoms with Crippen molar-refractivity contribution in [2.45, 2.75) is 44.1 Å². The van der Waals surface area contributed by atoms with Gasteiger partial charge in [-0.25, -0.2) is 12.8 Å². The van der Waals surface area contributed by atoms with Crippen LogP contribution in [0.4, 0.5) is 4.39 Å². The average molecular weight is 301 g/mol. The average Bonchev–Trinajstić information content (AvgIpc) is 2.70. The van der Waals surface area contributed by atoms with Crippen LogP contribution >= 0.6 is 0 Å². The van der Waals surface area contributed by atoms with Crippen molar-refractivity contribution in [3.05, 3.63) is 29.1 Å². The minimum Gasteiger partial charge on any atom is -0.392 e. The first-order chi connectivity index (χ1) is 9.46. The summed E-state index contributed by atoms with van der Waals surface area (Å²) in [6.07, 6.45) is 3.72. The summed E-state index contributed by atoms with van der Waals surface area (Å²) in [7, 11) is -3.69. The van der Waals surface area contributed by atoms with Crippen LogP contribution in [-0.4, -0.2) is 30.9 Å². The summed E-state index contributed by atoms with van der Waals surface area (Å²) < 4.78 is 40.6. The molecule has 0 spiro atoms. The predicted molar refractivity (Wildman–Crippen MR) is 74.3 cm³/mol. The van der Waals surface area contributed by atoms with Crippen molar-refractivity contribution in [1.82, 2.24) is 4.31 Å². The Bertz CT molecular complexity index is 578. The highest BCUT2D eigenvalue weighted by Gasteiger charge is 2.28. The molecule has 0 bridgehead atoms. The van der Waals surface area contributed by atoms with E-state index in [9.17, 15) is 12.8 Å². The number of hydrogen-bond donors (Lipinski definition) is 1. The smallest absolute Gasteiger partial charge is 0.243 e. The second-order valence-electron chi connectivity index (χ2n) is 5.18. The SMILES string of the molecule is Cc1c(F)cc(CO)cc1S(=O)(=O)N1CCCCCC1. The lowest BCUT2D eigenvalue weighted by Gasteiger charge is -2.21. The van der Waals surface area contributed by atoms with Crippen molar-refractivity contribution in [2.75, 3.05) is 13.1 Å². The molecular formula is C14H20FNO3S. The van der Waals surface area contributed by atoms with Gasteiger partial charge >= 0.3 is 0 Å². The van der Waals surface area contributed by atoms with Crippen LogP contribution in [0.3, 0.4) is 0 Å². The molecule has 0 amide bonds. The van der Waals surface area contributed by atoms with E-state index >= 15 is 0 Å². The maximum Gasteiger partial charge on any atom is 0.243 e. The lowest BCUT2D eigenvalue weighted by molar-refractivity contribution is 0.280. The predicted octanol–water partition coefficient (Wildman–Crippen LogP) is 2.19. The molecule has 0 atom stereocenters. The Kier molecular flexibility index (Phi) is 4.78. The third kappa shape index (κ3) is 3.02. The number of benzene rings is 1. The van der Waals surface area contributed by atoms with E-state index in [1.54, 1.807) is 0 Å². The first-order valence-electron chi connectivity index (χ1n) is 6.87.